The first kappa shape index (κ1) is 33.9. The predicted molar refractivity (Wildman–Crippen MR) is 174 cm³/mol. The second-order valence-electron chi connectivity index (χ2n) is 13.3. The minimum absolute atomic E-state index is 0.0589. The van der Waals surface area contributed by atoms with E-state index in [4.69, 9.17) is 9.47 Å². The number of anilines is 1. The Hall–Kier alpha value is -3.95. The fourth-order valence-electron chi connectivity index (χ4n) is 6.41. The number of hydrogen-bond donors (Lipinski definition) is 2. The molecule has 0 radical (unpaired) electrons. The molecule has 3 aromatic rings. The number of halogens is 1. The number of ether oxygens (including phenoxy) is 2. The van der Waals surface area contributed by atoms with Gasteiger partial charge in [0.1, 0.15) is 23.1 Å². The summed E-state index contributed by atoms with van der Waals surface area (Å²) in [6, 6.07) is 15.5. The van der Waals surface area contributed by atoms with E-state index in [2.05, 4.69) is 49.9 Å². The highest BCUT2D eigenvalue weighted by Crippen LogP contribution is 2.41. The number of hydrogen-bond acceptors (Lipinski definition) is 7. The summed E-state index contributed by atoms with van der Waals surface area (Å²) in [5.74, 6) is -0.742. The number of esters is 1. The Kier molecular flexibility index (Phi) is 10.2. The van der Waals surface area contributed by atoms with Crippen LogP contribution in [0.15, 0.2) is 54.6 Å². The van der Waals surface area contributed by atoms with Crippen LogP contribution in [0.3, 0.4) is 0 Å². The van der Waals surface area contributed by atoms with E-state index >= 15 is 0 Å². The fraction of sp³-hybridized carbons (Fsp3) is 0.444. The van der Waals surface area contributed by atoms with E-state index in [1.165, 1.54) is 6.07 Å². The van der Waals surface area contributed by atoms with Crippen molar-refractivity contribution in [3.63, 3.8) is 0 Å². The smallest absolute Gasteiger partial charge is 0.397 e. The van der Waals surface area contributed by atoms with Gasteiger partial charge in [0.2, 0.25) is 0 Å². The number of carbonyl (C=O) groups excluding carboxylic acids is 2. The Morgan fingerprint density at radius 3 is 2.24 bits per heavy atom. The Morgan fingerprint density at radius 2 is 1.64 bits per heavy atom. The summed E-state index contributed by atoms with van der Waals surface area (Å²) in [6.45, 7) is 15.5. The number of phenols is 1. The molecule has 242 valence electrons. The van der Waals surface area contributed by atoms with Crippen LogP contribution in [0, 0.1) is 19.7 Å². The lowest BCUT2D eigenvalue weighted by molar-refractivity contribution is -0.152. The van der Waals surface area contributed by atoms with Crippen LogP contribution in [0.2, 0.25) is 0 Å². The number of piperidine rings is 1. The fourth-order valence-corrected chi connectivity index (χ4v) is 6.41. The zero-order valence-corrected chi connectivity index (χ0v) is 27.7. The second-order valence-corrected chi connectivity index (χ2v) is 13.3. The average Bonchev–Trinajstić information content (AvgIpc) is 2.94. The molecular formula is C36H46FN3O5. The van der Waals surface area contributed by atoms with Crippen LogP contribution >= 0.6 is 0 Å². The van der Waals surface area contributed by atoms with Gasteiger partial charge >= 0.3 is 11.9 Å². The van der Waals surface area contributed by atoms with Gasteiger partial charge in [-0.05, 0) is 128 Å². The third-order valence-corrected chi connectivity index (χ3v) is 8.90. The van der Waals surface area contributed by atoms with Gasteiger partial charge in [-0.25, -0.2) is 9.18 Å². The number of aryl methyl sites for hydroxylation is 2. The molecule has 8 nitrogen and oxygen atoms in total. The standard InChI is InChI=1S/C36H46FN3O5/c1-9-44-34(43)33(42)38-28-15-23(2)32(24(3)16-28)45-30-13-14-31(41)26(18-30)22-40(21-25-11-10-12-27(37)17-25)29-19-35(4,5)39(8)36(6,7)20-29/h10-18,29,41H,9,19-22H2,1-8H3,(H,38,42). The van der Waals surface area contributed by atoms with Crippen LogP contribution in [0.25, 0.3) is 0 Å². The van der Waals surface area contributed by atoms with Gasteiger partial charge in [0.25, 0.3) is 0 Å². The van der Waals surface area contributed by atoms with Gasteiger partial charge in [-0.1, -0.05) is 12.1 Å². The third kappa shape index (κ3) is 8.21. The lowest BCUT2D eigenvalue weighted by atomic mass is 9.76. The van der Waals surface area contributed by atoms with Crippen LogP contribution in [0.4, 0.5) is 10.1 Å². The van der Waals surface area contributed by atoms with E-state index in [0.717, 1.165) is 29.5 Å². The maximum absolute atomic E-state index is 14.2. The molecule has 1 saturated heterocycles. The first-order valence-electron chi connectivity index (χ1n) is 15.4. The summed E-state index contributed by atoms with van der Waals surface area (Å²) in [6.07, 6.45) is 1.83. The van der Waals surface area contributed by atoms with Crippen molar-refractivity contribution >= 4 is 17.6 Å². The summed E-state index contributed by atoms with van der Waals surface area (Å²) in [5, 5.41) is 13.6. The van der Waals surface area contributed by atoms with Crippen LogP contribution in [0.5, 0.6) is 17.2 Å². The lowest BCUT2D eigenvalue weighted by Crippen LogP contribution is -2.62. The summed E-state index contributed by atoms with van der Waals surface area (Å²) < 4.78 is 25.3. The topological polar surface area (TPSA) is 91.3 Å². The van der Waals surface area contributed by atoms with Crippen molar-refractivity contribution in [3.05, 3.63) is 82.7 Å². The quantitative estimate of drug-likeness (QED) is 0.195. The SMILES string of the molecule is CCOC(=O)C(=O)Nc1cc(C)c(Oc2ccc(O)c(CN(Cc3cccc(F)c3)C3CC(C)(C)N(C)C(C)(C)C3)c2)c(C)c1. The van der Waals surface area contributed by atoms with Gasteiger partial charge < -0.3 is 19.9 Å². The number of benzene rings is 3. The van der Waals surface area contributed by atoms with Gasteiger partial charge in [0, 0.05) is 41.5 Å². The molecule has 0 spiro atoms. The minimum atomic E-state index is -0.941. The first-order valence-corrected chi connectivity index (χ1v) is 15.4. The number of aromatic hydroxyl groups is 1. The Balaban J connectivity index is 1.61. The summed E-state index contributed by atoms with van der Waals surface area (Å²) >= 11 is 0. The Bertz CT molecular complexity index is 1510. The highest BCUT2D eigenvalue weighted by Gasteiger charge is 2.44. The average molecular weight is 620 g/mol. The van der Waals surface area contributed by atoms with Crippen LogP contribution in [-0.4, -0.2) is 57.6 Å². The van der Waals surface area contributed by atoms with E-state index in [1.807, 2.05) is 26.0 Å². The maximum Gasteiger partial charge on any atom is 0.397 e. The van der Waals surface area contributed by atoms with Gasteiger partial charge in [0.15, 0.2) is 0 Å². The number of nitrogens with zero attached hydrogens (tertiary/aromatic N) is 2. The van der Waals surface area contributed by atoms with Crippen molar-refractivity contribution in [3.8, 4) is 17.2 Å². The summed E-state index contributed by atoms with van der Waals surface area (Å²) in [5.41, 5.74) is 3.43. The van der Waals surface area contributed by atoms with E-state index in [-0.39, 0.29) is 35.3 Å². The molecule has 1 amide bonds. The van der Waals surface area contributed by atoms with Gasteiger partial charge in [-0.2, -0.15) is 0 Å². The molecule has 0 atom stereocenters. The van der Waals surface area contributed by atoms with Gasteiger partial charge in [-0.15, -0.1) is 0 Å². The zero-order valence-electron chi connectivity index (χ0n) is 27.7. The molecule has 2 N–H and O–H groups in total. The van der Waals surface area contributed by atoms with E-state index in [1.54, 1.807) is 43.3 Å². The number of rotatable bonds is 9. The number of likely N-dealkylation sites (tertiary alicyclic amines) is 1. The minimum Gasteiger partial charge on any atom is -0.508 e. The molecule has 0 aromatic heterocycles. The first-order chi connectivity index (χ1) is 21.1. The Morgan fingerprint density at radius 1 is 1.00 bits per heavy atom. The lowest BCUT2D eigenvalue weighted by Gasteiger charge is -2.55. The summed E-state index contributed by atoms with van der Waals surface area (Å²) in [4.78, 5) is 28.6. The molecule has 0 bridgehead atoms. The molecule has 4 rings (SSSR count). The van der Waals surface area contributed by atoms with Crippen molar-refractivity contribution < 1.29 is 28.6 Å². The predicted octanol–water partition coefficient (Wildman–Crippen LogP) is 7.10. The van der Waals surface area contributed by atoms with Crippen molar-refractivity contribution in [2.45, 2.75) is 91.5 Å². The molecular weight excluding hydrogens is 573 g/mol. The Labute approximate surface area is 266 Å². The normalized spacial score (nSPS) is 16.4. The maximum atomic E-state index is 14.2. The van der Waals surface area contributed by atoms with E-state index in [9.17, 15) is 19.1 Å². The monoisotopic (exact) mass is 619 g/mol. The van der Waals surface area contributed by atoms with Gasteiger partial charge in [0.05, 0.1) is 6.61 Å². The molecule has 0 saturated carbocycles. The molecule has 1 aliphatic heterocycles. The van der Waals surface area contributed by atoms with E-state index < -0.39 is 11.9 Å². The number of amides is 1. The van der Waals surface area contributed by atoms with Crippen LogP contribution in [0.1, 0.15) is 69.7 Å². The van der Waals surface area contributed by atoms with Crippen molar-refractivity contribution in [1.29, 1.82) is 0 Å². The van der Waals surface area contributed by atoms with Crippen LogP contribution < -0.4 is 10.1 Å². The molecule has 1 heterocycles. The number of phenolic OH excluding ortho intramolecular Hbond substituents is 1. The zero-order chi connectivity index (χ0) is 33.1. The van der Waals surface area contributed by atoms with Crippen LogP contribution in [-0.2, 0) is 27.4 Å². The second kappa shape index (κ2) is 13.6. The molecule has 0 aliphatic carbocycles. The number of nitrogens with one attached hydrogen (secondary N) is 1. The van der Waals surface area contributed by atoms with E-state index in [0.29, 0.717) is 35.8 Å². The molecule has 3 aromatic carbocycles. The molecule has 1 aliphatic rings. The molecule has 45 heavy (non-hydrogen) atoms. The van der Waals surface area contributed by atoms with Gasteiger partial charge in [-0.3, -0.25) is 14.6 Å². The highest BCUT2D eigenvalue weighted by molar-refractivity contribution is 6.37. The van der Waals surface area contributed by atoms with Crippen molar-refractivity contribution in [2.24, 2.45) is 0 Å². The van der Waals surface area contributed by atoms with Crippen molar-refractivity contribution in [2.75, 3.05) is 19.0 Å². The van der Waals surface area contributed by atoms with Crippen molar-refractivity contribution in [1.82, 2.24) is 9.80 Å². The highest BCUT2D eigenvalue weighted by atomic mass is 19.1. The summed E-state index contributed by atoms with van der Waals surface area (Å²) in [7, 11) is 2.17. The largest absolute Gasteiger partial charge is 0.508 e. The molecule has 0 unspecified atom stereocenters. The molecule has 1 fully saturated rings. The molecule has 9 heteroatoms. The number of carbonyl (C=O) groups is 2. The third-order valence-electron chi connectivity index (χ3n) is 8.90.